The normalized spacial score (nSPS) is 25.1. The monoisotopic (exact) mass is 312 g/mol. The lowest BCUT2D eigenvalue weighted by Crippen LogP contribution is -2.50. The van der Waals surface area contributed by atoms with Crippen LogP contribution in [0.25, 0.3) is 0 Å². The first-order valence-corrected chi connectivity index (χ1v) is 8.65. The van der Waals surface area contributed by atoms with Gasteiger partial charge in [0.25, 0.3) is 0 Å². The van der Waals surface area contributed by atoms with E-state index in [1.165, 1.54) is 12.7 Å². The van der Waals surface area contributed by atoms with Crippen molar-refractivity contribution in [1.82, 2.24) is 10.6 Å². The standard InChI is InChI=1S/C15H24N2O3S/c1-15(19,13-8-5-9-20-13)10-16-14(18)17-11-6-3-4-7-12(11)21-2/h5,8-9,11-12,19H,3-4,6-7,10H2,1-2H3,(H2,16,17,18)/t11-,12-,15+/m1/s1. The van der Waals surface area contributed by atoms with Crippen LogP contribution >= 0.6 is 11.8 Å². The van der Waals surface area contributed by atoms with Crippen molar-refractivity contribution in [2.45, 2.75) is 49.5 Å². The molecule has 6 heteroatoms. The van der Waals surface area contributed by atoms with Crippen LogP contribution < -0.4 is 10.6 Å². The first kappa shape index (κ1) is 16.2. The largest absolute Gasteiger partial charge is 0.466 e. The number of rotatable bonds is 5. The molecule has 5 nitrogen and oxygen atoms in total. The molecule has 0 aliphatic heterocycles. The van der Waals surface area contributed by atoms with Gasteiger partial charge in [-0.2, -0.15) is 11.8 Å². The molecule has 1 aliphatic carbocycles. The predicted molar refractivity (Wildman–Crippen MR) is 84.4 cm³/mol. The number of thioether (sulfide) groups is 1. The van der Waals surface area contributed by atoms with Crippen LogP contribution in [0.2, 0.25) is 0 Å². The molecule has 21 heavy (non-hydrogen) atoms. The zero-order valence-corrected chi connectivity index (χ0v) is 13.4. The molecule has 0 spiro atoms. The highest BCUT2D eigenvalue weighted by Crippen LogP contribution is 2.27. The van der Waals surface area contributed by atoms with E-state index in [2.05, 4.69) is 16.9 Å². The first-order chi connectivity index (χ1) is 10.0. The van der Waals surface area contributed by atoms with E-state index in [-0.39, 0.29) is 18.6 Å². The van der Waals surface area contributed by atoms with E-state index in [1.807, 2.05) is 11.8 Å². The summed E-state index contributed by atoms with van der Waals surface area (Å²) < 4.78 is 5.19. The Balaban J connectivity index is 1.82. The third-order valence-corrected chi connectivity index (χ3v) is 5.14. The van der Waals surface area contributed by atoms with Crippen molar-refractivity contribution in [2.75, 3.05) is 12.8 Å². The third kappa shape index (κ3) is 4.41. The number of urea groups is 1. The number of amides is 2. The summed E-state index contributed by atoms with van der Waals surface area (Å²) >= 11 is 1.81. The van der Waals surface area contributed by atoms with Gasteiger partial charge in [-0.15, -0.1) is 0 Å². The topological polar surface area (TPSA) is 74.5 Å². The SMILES string of the molecule is CS[C@@H]1CCCC[C@H]1NC(=O)NC[C@](C)(O)c1ccco1. The van der Waals surface area contributed by atoms with Crippen LogP contribution in [0, 0.1) is 0 Å². The minimum Gasteiger partial charge on any atom is -0.466 e. The Labute approximate surface area is 129 Å². The molecule has 0 bridgehead atoms. The number of furan rings is 1. The maximum absolute atomic E-state index is 12.0. The Morgan fingerprint density at radius 1 is 1.52 bits per heavy atom. The molecular weight excluding hydrogens is 288 g/mol. The molecule has 1 fully saturated rings. The summed E-state index contributed by atoms with van der Waals surface area (Å²) in [6.07, 6.45) is 8.16. The molecule has 1 saturated carbocycles. The average Bonchev–Trinajstić information content (AvgIpc) is 3.01. The number of carbonyl (C=O) groups is 1. The molecule has 0 radical (unpaired) electrons. The number of aliphatic hydroxyl groups is 1. The summed E-state index contributed by atoms with van der Waals surface area (Å²) in [4.78, 5) is 12.0. The molecule has 1 aromatic heterocycles. The molecule has 0 saturated heterocycles. The summed E-state index contributed by atoms with van der Waals surface area (Å²) in [5.74, 6) is 0.447. The van der Waals surface area contributed by atoms with Crippen LogP contribution in [-0.2, 0) is 5.60 Å². The molecule has 2 amide bonds. The molecule has 1 aromatic rings. The number of carbonyl (C=O) groups excluding carboxylic acids is 1. The predicted octanol–water partition coefficient (Wildman–Crippen LogP) is 2.46. The number of hydrogen-bond donors (Lipinski definition) is 3. The lowest BCUT2D eigenvalue weighted by molar-refractivity contribution is 0.0366. The third-order valence-electron chi connectivity index (χ3n) is 3.97. The summed E-state index contributed by atoms with van der Waals surface area (Å²) in [7, 11) is 0. The molecule has 0 unspecified atom stereocenters. The maximum atomic E-state index is 12.0. The minimum absolute atomic E-state index is 0.114. The van der Waals surface area contributed by atoms with Gasteiger partial charge in [-0.25, -0.2) is 4.79 Å². The van der Waals surface area contributed by atoms with E-state index in [4.69, 9.17) is 4.42 Å². The van der Waals surface area contributed by atoms with Crippen molar-refractivity contribution < 1.29 is 14.3 Å². The number of hydrogen-bond acceptors (Lipinski definition) is 4. The molecular formula is C15H24N2O3S. The van der Waals surface area contributed by atoms with Gasteiger partial charge in [0.05, 0.1) is 12.8 Å². The summed E-state index contributed by atoms with van der Waals surface area (Å²) in [5.41, 5.74) is -1.20. The lowest BCUT2D eigenvalue weighted by atomic mass is 9.95. The second-order valence-corrected chi connectivity index (χ2v) is 6.82. The van der Waals surface area contributed by atoms with E-state index in [0.29, 0.717) is 11.0 Å². The molecule has 118 valence electrons. The average molecular weight is 312 g/mol. The van der Waals surface area contributed by atoms with Gasteiger partial charge in [0.15, 0.2) is 0 Å². The number of nitrogens with one attached hydrogen (secondary N) is 2. The van der Waals surface area contributed by atoms with Crippen LogP contribution in [0.3, 0.4) is 0 Å². The quantitative estimate of drug-likeness (QED) is 0.781. The van der Waals surface area contributed by atoms with Crippen LogP contribution in [0.15, 0.2) is 22.8 Å². The van der Waals surface area contributed by atoms with Crippen molar-refractivity contribution in [3.05, 3.63) is 24.2 Å². The van der Waals surface area contributed by atoms with E-state index >= 15 is 0 Å². The van der Waals surface area contributed by atoms with Crippen LogP contribution in [0.4, 0.5) is 4.79 Å². The van der Waals surface area contributed by atoms with Gasteiger partial charge < -0.3 is 20.2 Å². The van der Waals surface area contributed by atoms with Crippen molar-refractivity contribution in [2.24, 2.45) is 0 Å². The molecule has 3 atom stereocenters. The van der Waals surface area contributed by atoms with Crippen molar-refractivity contribution in [3.8, 4) is 0 Å². The minimum atomic E-state index is -1.20. The van der Waals surface area contributed by atoms with Crippen LogP contribution in [0.5, 0.6) is 0 Å². The fourth-order valence-electron chi connectivity index (χ4n) is 2.69. The van der Waals surface area contributed by atoms with Gasteiger partial charge in [-0.1, -0.05) is 12.8 Å². The lowest BCUT2D eigenvalue weighted by Gasteiger charge is -2.31. The Morgan fingerprint density at radius 2 is 2.29 bits per heavy atom. The molecule has 2 rings (SSSR count). The summed E-state index contributed by atoms with van der Waals surface area (Å²) in [5, 5.41) is 16.5. The van der Waals surface area contributed by atoms with Gasteiger partial charge in [0, 0.05) is 11.3 Å². The zero-order chi connectivity index (χ0) is 15.3. The van der Waals surface area contributed by atoms with E-state index in [9.17, 15) is 9.90 Å². The highest BCUT2D eigenvalue weighted by atomic mass is 32.2. The Hall–Kier alpha value is -1.14. The van der Waals surface area contributed by atoms with Crippen molar-refractivity contribution in [1.29, 1.82) is 0 Å². The Bertz CT molecular complexity index is 448. The van der Waals surface area contributed by atoms with Gasteiger partial charge in [-0.3, -0.25) is 0 Å². The van der Waals surface area contributed by atoms with Crippen LogP contribution in [0.1, 0.15) is 38.4 Å². The highest BCUT2D eigenvalue weighted by molar-refractivity contribution is 7.99. The molecule has 0 aromatic carbocycles. The second kappa shape index (κ2) is 7.22. The molecule has 1 aliphatic rings. The Morgan fingerprint density at radius 3 is 2.95 bits per heavy atom. The van der Waals surface area contributed by atoms with Gasteiger partial charge in [0.1, 0.15) is 11.4 Å². The van der Waals surface area contributed by atoms with E-state index in [1.54, 1.807) is 19.1 Å². The smallest absolute Gasteiger partial charge is 0.315 e. The van der Waals surface area contributed by atoms with E-state index in [0.717, 1.165) is 19.3 Å². The zero-order valence-electron chi connectivity index (χ0n) is 12.6. The van der Waals surface area contributed by atoms with Gasteiger partial charge in [-0.05, 0) is 38.2 Å². The second-order valence-electron chi connectivity index (χ2n) is 5.74. The Kier molecular flexibility index (Phi) is 5.58. The van der Waals surface area contributed by atoms with Crippen molar-refractivity contribution in [3.63, 3.8) is 0 Å². The van der Waals surface area contributed by atoms with Gasteiger partial charge in [0.2, 0.25) is 0 Å². The van der Waals surface area contributed by atoms with Gasteiger partial charge >= 0.3 is 6.03 Å². The van der Waals surface area contributed by atoms with Crippen LogP contribution in [-0.4, -0.2) is 35.2 Å². The maximum Gasteiger partial charge on any atom is 0.315 e. The van der Waals surface area contributed by atoms with Crippen molar-refractivity contribution >= 4 is 17.8 Å². The fourth-order valence-corrected chi connectivity index (χ4v) is 3.62. The molecule has 3 N–H and O–H groups in total. The van der Waals surface area contributed by atoms with E-state index < -0.39 is 5.60 Å². The fraction of sp³-hybridized carbons (Fsp3) is 0.667. The first-order valence-electron chi connectivity index (χ1n) is 7.36. The summed E-state index contributed by atoms with van der Waals surface area (Å²) in [6.45, 7) is 1.74. The highest BCUT2D eigenvalue weighted by Gasteiger charge is 2.29. The molecule has 1 heterocycles. The summed E-state index contributed by atoms with van der Waals surface area (Å²) in [6, 6.07) is 3.40.